The summed E-state index contributed by atoms with van der Waals surface area (Å²) in [4.78, 5) is 6.94. The van der Waals surface area contributed by atoms with E-state index in [1.165, 1.54) is 0 Å². The van der Waals surface area contributed by atoms with Crippen molar-refractivity contribution in [3.05, 3.63) is 343 Å². The maximum Gasteiger partial charge on any atom is 0.0998 e. The Morgan fingerprint density at radius 2 is 0.513 bits per heavy atom. The smallest absolute Gasteiger partial charge is 0.0998 e. The van der Waals surface area contributed by atoms with Crippen LogP contribution in [0.3, 0.4) is 0 Å². The van der Waals surface area contributed by atoms with Crippen LogP contribution in [0, 0.1) is 11.3 Å². The molecule has 0 aliphatic carbocycles. The van der Waals surface area contributed by atoms with E-state index in [4.69, 9.17) is 0 Å². The summed E-state index contributed by atoms with van der Waals surface area (Å²) >= 11 is 0. The molecule has 4 nitrogen and oxygen atoms in total. The molecule has 0 aromatic heterocycles. The number of hydrogen-bond acceptors (Lipinski definition) is 4. The van der Waals surface area contributed by atoms with Crippen LogP contribution in [0.5, 0.6) is 0 Å². The highest BCUT2D eigenvalue weighted by Crippen LogP contribution is 2.49. The Morgan fingerprint density at radius 3 is 0.803 bits per heavy atom. The van der Waals surface area contributed by atoms with E-state index in [9.17, 15) is 5.26 Å². The van der Waals surface area contributed by atoms with Gasteiger partial charge in [0.25, 0.3) is 0 Å². The molecular weight excluding hydrogens is 921 g/mol. The molecule has 0 amide bonds. The van der Waals surface area contributed by atoms with Crippen LogP contribution in [0.2, 0.25) is 0 Å². The zero-order valence-electron chi connectivity index (χ0n) is 41.8. The van der Waals surface area contributed by atoms with Crippen LogP contribution in [0.1, 0.15) is 27.8 Å². The summed E-state index contributed by atoms with van der Waals surface area (Å²) in [7, 11) is 0. The molecule has 0 radical (unpaired) electrons. The number of hydrogen-bond donors (Lipinski definition) is 0. The van der Waals surface area contributed by atoms with Gasteiger partial charge in [0.1, 0.15) is 0 Å². The fourth-order valence-electron chi connectivity index (χ4n) is 11.0. The quantitative estimate of drug-likeness (QED) is 0.102. The lowest BCUT2D eigenvalue weighted by atomic mass is 9.65. The topological polar surface area (TPSA) is 33.5 Å². The highest BCUT2D eigenvalue weighted by Gasteiger charge is 2.39. The molecule has 0 bridgehead atoms. The number of anilines is 9. The maximum absolute atomic E-state index is 10.3. The summed E-state index contributed by atoms with van der Waals surface area (Å²) in [5, 5.41) is 12.3. The van der Waals surface area contributed by atoms with Crippen molar-refractivity contribution in [2.24, 2.45) is 0 Å². The molecular formula is C72H52N4. The van der Waals surface area contributed by atoms with Crippen molar-refractivity contribution in [3.8, 4) is 17.2 Å². The molecule has 12 aromatic carbocycles. The Morgan fingerprint density at radius 1 is 0.250 bits per heavy atom. The molecule has 0 saturated carbocycles. The number of fused-ring (bicyclic) bond motifs is 1. The SMILES string of the molecule is N#Cc1cccc2cccc(-c3ccc(C(c4ccc(N(c5ccccc5)c5ccccc5)cc4)(c4ccc(N(c5ccccc5)c5ccccc5)cc4)c4ccc(N(c5ccccc5)c5ccccc5)cc4)cc3)c12. The Hall–Kier alpha value is -10.2. The zero-order chi connectivity index (χ0) is 51.1. The van der Waals surface area contributed by atoms with Crippen LogP contribution in [-0.2, 0) is 5.41 Å². The van der Waals surface area contributed by atoms with Crippen LogP contribution < -0.4 is 14.7 Å². The summed E-state index contributed by atoms with van der Waals surface area (Å²) in [6.07, 6.45) is 0. The van der Waals surface area contributed by atoms with Crippen molar-refractivity contribution >= 4 is 62.0 Å². The Kier molecular flexibility index (Phi) is 13.0. The summed E-state index contributed by atoms with van der Waals surface area (Å²) in [6, 6.07) is 115. The molecule has 0 atom stereocenters. The van der Waals surface area contributed by atoms with E-state index < -0.39 is 5.41 Å². The normalized spacial score (nSPS) is 11.1. The molecule has 0 aliphatic heterocycles. The van der Waals surface area contributed by atoms with Crippen molar-refractivity contribution in [2.45, 2.75) is 5.41 Å². The minimum Gasteiger partial charge on any atom is -0.311 e. The molecule has 0 saturated heterocycles. The van der Waals surface area contributed by atoms with E-state index in [0.29, 0.717) is 5.56 Å². The first-order valence-electron chi connectivity index (χ1n) is 25.7. The standard InChI is InChI=1S/C72H52N4/c73-53-56-23-19-21-55-22-20-36-70(71(55)56)54-37-39-57(40-38-54)72(58-41-47-67(48-42-58)74(61-24-7-1-8-25-61)62-26-9-2-10-27-62,59-43-49-68(50-44-59)75(63-28-11-3-12-29-63)64-30-13-4-14-31-64)60-45-51-69(52-46-60)76(65-32-15-5-16-33-65)66-34-17-6-18-35-66/h1-52H. The van der Waals surface area contributed by atoms with Gasteiger partial charge in [-0.15, -0.1) is 0 Å². The number of rotatable bonds is 14. The third-order valence-corrected chi connectivity index (χ3v) is 14.4. The second kappa shape index (κ2) is 21.1. The molecule has 76 heavy (non-hydrogen) atoms. The number of nitrogens with zero attached hydrogens (tertiary/aromatic N) is 4. The van der Waals surface area contributed by atoms with Crippen molar-refractivity contribution in [1.29, 1.82) is 5.26 Å². The van der Waals surface area contributed by atoms with Gasteiger partial charge in [0, 0.05) is 56.6 Å². The van der Waals surface area contributed by atoms with Crippen molar-refractivity contribution in [2.75, 3.05) is 14.7 Å². The molecule has 12 rings (SSSR count). The van der Waals surface area contributed by atoms with Gasteiger partial charge in [-0.1, -0.05) is 200 Å². The highest BCUT2D eigenvalue weighted by molar-refractivity contribution is 6.00. The third kappa shape index (κ3) is 8.93. The zero-order valence-corrected chi connectivity index (χ0v) is 41.8. The fourth-order valence-corrected chi connectivity index (χ4v) is 11.0. The van der Waals surface area contributed by atoms with Gasteiger partial charge in [0.15, 0.2) is 0 Å². The number of benzene rings is 12. The molecule has 0 heterocycles. The van der Waals surface area contributed by atoms with Gasteiger partial charge in [0.05, 0.1) is 17.0 Å². The summed E-state index contributed by atoms with van der Waals surface area (Å²) in [6.45, 7) is 0. The van der Waals surface area contributed by atoms with E-state index in [2.05, 4.69) is 324 Å². The van der Waals surface area contributed by atoms with E-state index in [0.717, 1.165) is 95.3 Å². The minimum atomic E-state index is -0.844. The predicted octanol–water partition coefficient (Wildman–Crippen LogP) is 19.2. The van der Waals surface area contributed by atoms with E-state index in [-0.39, 0.29) is 0 Å². The van der Waals surface area contributed by atoms with Crippen LogP contribution >= 0.6 is 0 Å². The lowest BCUT2D eigenvalue weighted by Crippen LogP contribution is -2.31. The molecule has 0 unspecified atom stereocenters. The van der Waals surface area contributed by atoms with Crippen molar-refractivity contribution in [3.63, 3.8) is 0 Å². The first-order valence-corrected chi connectivity index (χ1v) is 25.7. The first-order chi connectivity index (χ1) is 37.7. The van der Waals surface area contributed by atoms with E-state index in [1.54, 1.807) is 0 Å². The van der Waals surface area contributed by atoms with Crippen molar-refractivity contribution in [1.82, 2.24) is 0 Å². The van der Waals surface area contributed by atoms with Gasteiger partial charge in [-0.2, -0.15) is 5.26 Å². The largest absolute Gasteiger partial charge is 0.311 e. The first kappa shape index (κ1) is 46.8. The summed E-state index contributed by atoms with van der Waals surface area (Å²) < 4.78 is 0. The predicted molar refractivity (Wildman–Crippen MR) is 316 cm³/mol. The van der Waals surface area contributed by atoms with E-state index in [1.807, 2.05) is 12.1 Å². The molecule has 4 heteroatoms. The minimum absolute atomic E-state index is 0.659. The van der Waals surface area contributed by atoms with Crippen LogP contribution in [0.4, 0.5) is 51.2 Å². The van der Waals surface area contributed by atoms with Crippen LogP contribution in [0.25, 0.3) is 21.9 Å². The van der Waals surface area contributed by atoms with E-state index >= 15 is 0 Å². The maximum atomic E-state index is 10.3. The molecule has 0 fully saturated rings. The van der Waals surface area contributed by atoms with Crippen LogP contribution in [-0.4, -0.2) is 0 Å². The number of para-hydroxylation sites is 6. The molecule has 0 aliphatic rings. The third-order valence-electron chi connectivity index (χ3n) is 14.4. The average molecular weight is 973 g/mol. The summed E-state index contributed by atoms with van der Waals surface area (Å²) in [5.41, 5.74) is 15.9. The van der Waals surface area contributed by atoms with Gasteiger partial charge in [-0.05, 0) is 154 Å². The van der Waals surface area contributed by atoms with Gasteiger partial charge in [0.2, 0.25) is 0 Å². The monoisotopic (exact) mass is 972 g/mol. The lowest BCUT2D eigenvalue weighted by molar-refractivity contribution is 0.745. The Labute approximate surface area is 445 Å². The van der Waals surface area contributed by atoms with Crippen LogP contribution in [0.15, 0.2) is 315 Å². The average Bonchev–Trinajstić information content (AvgIpc) is 3.52. The van der Waals surface area contributed by atoms with Gasteiger partial charge >= 0.3 is 0 Å². The van der Waals surface area contributed by atoms with Gasteiger partial charge in [-0.25, -0.2) is 0 Å². The summed E-state index contributed by atoms with van der Waals surface area (Å²) in [5.74, 6) is 0. The van der Waals surface area contributed by atoms with Gasteiger partial charge in [-0.3, -0.25) is 0 Å². The molecule has 12 aromatic rings. The number of nitriles is 1. The van der Waals surface area contributed by atoms with Crippen molar-refractivity contribution < 1.29 is 0 Å². The molecule has 0 spiro atoms. The second-order valence-corrected chi connectivity index (χ2v) is 18.8. The Bertz CT molecular complexity index is 3460. The fraction of sp³-hybridized carbons (Fsp3) is 0.0139. The molecule has 360 valence electrons. The molecule has 0 N–H and O–H groups in total. The highest BCUT2D eigenvalue weighted by atomic mass is 15.2. The Balaban J connectivity index is 1.09. The lowest BCUT2D eigenvalue weighted by Gasteiger charge is -2.38. The van der Waals surface area contributed by atoms with Gasteiger partial charge < -0.3 is 14.7 Å². The second-order valence-electron chi connectivity index (χ2n) is 18.8.